The molecule has 0 aliphatic heterocycles. The van der Waals surface area contributed by atoms with Crippen LogP contribution in [0.25, 0.3) is 0 Å². The molecule has 0 bridgehead atoms. The number of unbranched alkanes of at least 4 members (excludes halogenated alkanes) is 1. The lowest BCUT2D eigenvalue weighted by atomic mass is 9.66. The highest BCUT2D eigenvalue weighted by Crippen LogP contribution is 2.45. The summed E-state index contributed by atoms with van der Waals surface area (Å²) < 4.78 is 0. The maximum Gasteiger partial charge on any atom is 0.348 e. The Balaban J connectivity index is 2.44. The number of hydrogen-bond acceptors (Lipinski definition) is 3. The van der Waals surface area contributed by atoms with Crippen LogP contribution < -0.4 is 0 Å². The van der Waals surface area contributed by atoms with Crippen LogP contribution in [0.1, 0.15) is 45.4 Å². The van der Waals surface area contributed by atoms with Crippen molar-refractivity contribution in [2.75, 3.05) is 0 Å². The van der Waals surface area contributed by atoms with Crippen LogP contribution in [0, 0.1) is 5.41 Å². The molecule has 0 atom stereocenters. The lowest BCUT2D eigenvalue weighted by Gasteiger charge is -2.37. The molecule has 1 N–H and O–H groups in total. The van der Waals surface area contributed by atoms with Crippen molar-refractivity contribution in [3.63, 3.8) is 0 Å². The minimum atomic E-state index is -0.429. The van der Waals surface area contributed by atoms with E-state index in [4.69, 9.17) is 5.26 Å². The monoisotopic (exact) mass is 172 g/mol. The number of carbonyl (C=O) groups excluding carboxylic acids is 1. The van der Waals surface area contributed by atoms with Gasteiger partial charge in [0, 0.05) is 0 Å². The van der Waals surface area contributed by atoms with Gasteiger partial charge in [-0.3, -0.25) is 0 Å². The Morgan fingerprint density at radius 2 is 2.25 bits per heavy atom. The van der Waals surface area contributed by atoms with E-state index in [0.717, 1.165) is 38.5 Å². The molecular formula is C9H16O3. The lowest BCUT2D eigenvalue weighted by Crippen LogP contribution is -2.38. The standard InChI is InChI=1S/C9H16O3/c1-2-3-5-9(6-4-7-9)8(10)12-11/h11H,2-7H2,1H3. The van der Waals surface area contributed by atoms with Crippen molar-refractivity contribution < 1.29 is 14.9 Å². The van der Waals surface area contributed by atoms with Gasteiger partial charge in [-0.2, -0.15) is 5.26 Å². The molecule has 1 fully saturated rings. The largest absolute Gasteiger partial charge is 0.348 e. The molecule has 0 heterocycles. The molecule has 0 saturated heterocycles. The molecule has 0 unspecified atom stereocenters. The van der Waals surface area contributed by atoms with Gasteiger partial charge in [0.2, 0.25) is 0 Å². The summed E-state index contributed by atoms with van der Waals surface area (Å²) >= 11 is 0. The van der Waals surface area contributed by atoms with Crippen LogP contribution in [0.5, 0.6) is 0 Å². The van der Waals surface area contributed by atoms with Crippen molar-refractivity contribution in [2.24, 2.45) is 5.41 Å². The van der Waals surface area contributed by atoms with Gasteiger partial charge in [-0.15, -0.1) is 0 Å². The van der Waals surface area contributed by atoms with Crippen LogP contribution in [0.2, 0.25) is 0 Å². The van der Waals surface area contributed by atoms with Gasteiger partial charge in [0.1, 0.15) is 0 Å². The van der Waals surface area contributed by atoms with E-state index in [1.807, 2.05) is 0 Å². The molecule has 0 aromatic heterocycles. The van der Waals surface area contributed by atoms with E-state index in [1.165, 1.54) is 0 Å². The smallest absolute Gasteiger partial charge is 0.300 e. The minimum Gasteiger partial charge on any atom is -0.300 e. The lowest BCUT2D eigenvalue weighted by molar-refractivity contribution is -0.250. The third-order valence-electron chi connectivity index (χ3n) is 2.84. The highest BCUT2D eigenvalue weighted by Gasteiger charge is 2.45. The molecule has 0 amide bonds. The van der Waals surface area contributed by atoms with Gasteiger partial charge in [0.05, 0.1) is 5.41 Å². The summed E-state index contributed by atoms with van der Waals surface area (Å²) in [6, 6.07) is 0. The van der Waals surface area contributed by atoms with Crippen LogP contribution in [0.4, 0.5) is 0 Å². The van der Waals surface area contributed by atoms with Gasteiger partial charge in [-0.05, 0) is 19.3 Å². The van der Waals surface area contributed by atoms with Gasteiger partial charge >= 0.3 is 5.97 Å². The summed E-state index contributed by atoms with van der Waals surface area (Å²) in [6.07, 6.45) is 5.83. The summed E-state index contributed by atoms with van der Waals surface area (Å²) in [6.45, 7) is 2.09. The maximum absolute atomic E-state index is 11.1. The van der Waals surface area contributed by atoms with Crippen molar-refractivity contribution >= 4 is 5.97 Å². The second-order valence-electron chi connectivity index (χ2n) is 3.62. The van der Waals surface area contributed by atoms with Crippen molar-refractivity contribution in [1.29, 1.82) is 0 Å². The molecule has 70 valence electrons. The van der Waals surface area contributed by atoms with E-state index in [-0.39, 0.29) is 5.41 Å². The SMILES string of the molecule is CCCCC1(C(=O)OO)CCC1. The second kappa shape index (κ2) is 3.90. The predicted molar refractivity (Wildman–Crippen MR) is 44.5 cm³/mol. The Morgan fingerprint density at radius 1 is 1.58 bits per heavy atom. The normalized spacial score (nSPS) is 19.8. The number of hydrogen-bond donors (Lipinski definition) is 1. The van der Waals surface area contributed by atoms with Gasteiger partial charge in [0.15, 0.2) is 0 Å². The fraction of sp³-hybridized carbons (Fsp3) is 0.889. The Hall–Kier alpha value is -0.570. The fourth-order valence-electron chi connectivity index (χ4n) is 1.77. The van der Waals surface area contributed by atoms with Crippen molar-refractivity contribution in [2.45, 2.75) is 45.4 Å². The summed E-state index contributed by atoms with van der Waals surface area (Å²) in [7, 11) is 0. The van der Waals surface area contributed by atoms with E-state index in [0.29, 0.717) is 0 Å². The first-order chi connectivity index (χ1) is 5.75. The average molecular weight is 172 g/mol. The molecule has 3 nitrogen and oxygen atoms in total. The fourth-order valence-corrected chi connectivity index (χ4v) is 1.77. The molecule has 1 rings (SSSR count). The summed E-state index contributed by atoms with van der Waals surface area (Å²) in [4.78, 5) is 15.0. The van der Waals surface area contributed by atoms with Crippen LogP contribution in [-0.4, -0.2) is 11.2 Å². The van der Waals surface area contributed by atoms with Crippen molar-refractivity contribution in [1.82, 2.24) is 0 Å². The highest BCUT2D eigenvalue weighted by atomic mass is 17.1. The molecular weight excluding hydrogens is 156 g/mol. The van der Waals surface area contributed by atoms with Gasteiger partial charge in [-0.1, -0.05) is 26.2 Å². The van der Waals surface area contributed by atoms with Gasteiger partial charge in [-0.25, -0.2) is 4.79 Å². The number of carbonyl (C=O) groups is 1. The summed E-state index contributed by atoms with van der Waals surface area (Å²) in [5.41, 5.74) is -0.329. The summed E-state index contributed by atoms with van der Waals surface area (Å²) in [5.74, 6) is -0.429. The zero-order chi connectivity index (χ0) is 9.03. The minimum absolute atomic E-state index is 0.329. The van der Waals surface area contributed by atoms with E-state index in [2.05, 4.69) is 11.8 Å². The van der Waals surface area contributed by atoms with Crippen molar-refractivity contribution in [3.05, 3.63) is 0 Å². The number of rotatable bonds is 4. The molecule has 1 aliphatic carbocycles. The van der Waals surface area contributed by atoms with Crippen LogP contribution in [-0.2, 0) is 9.68 Å². The summed E-state index contributed by atoms with van der Waals surface area (Å²) in [5, 5.41) is 8.29. The highest BCUT2D eigenvalue weighted by molar-refractivity contribution is 5.77. The van der Waals surface area contributed by atoms with Gasteiger partial charge in [0.25, 0.3) is 0 Å². The third-order valence-corrected chi connectivity index (χ3v) is 2.84. The zero-order valence-corrected chi connectivity index (χ0v) is 7.51. The van der Waals surface area contributed by atoms with E-state index >= 15 is 0 Å². The Morgan fingerprint density at radius 3 is 2.58 bits per heavy atom. The molecule has 1 saturated carbocycles. The van der Waals surface area contributed by atoms with Gasteiger partial charge < -0.3 is 4.89 Å². The van der Waals surface area contributed by atoms with E-state index < -0.39 is 5.97 Å². The molecule has 0 radical (unpaired) electrons. The second-order valence-corrected chi connectivity index (χ2v) is 3.62. The van der Waals surface area contributed by atoms with Crippen LogP contribution in [0.15, 0.2) is 0 Å². The Kier molecular flexibility index (Phi) is 3.09. The van der Waals surface area contributed by atoms with E-state index in [9.17, 15) is 4.79 Å². The molecule has 0 spiro atoms. The van der Waals surface area contributed by atoms with Crippen LogP contribution in [0.3, 0.4) is 0 Å². The average Bonchev–Trinajstić information content (AvgIpc) is 2.02. The third kappa shape index (κ3) is 1.61. The quantitative estimate of drug-likeness (QED) is 0.523. The first-order valence-corrected chi connectivity index (χ1v) is 4.61. The molecule has 0 aromatic rings. The zero-order valence-electron chi connectivity index (χ0n) is 7.51. The van der Waals surface area contributed by atoms with E-state index in [1.54, 1.807) is 0 Å². The van der Waals surface area contributed by atoms with Crippen LogP contribution >= 0.6 is 0 Å². The Bertz CT molecular complexity index is 161. The first kappa shape index (κ1) is 9.52. The topological polar surface area (TPSA) is 46.5 Å². The predicted octanol–water partition coefficient (Wildman–Crippen LogP) is 2.36. The van der Waals surface area contributed by atoms with Crippen molar-refractivity contribution in [3.8, 4) is 0 Å². The molecule has 0 aromatic carbocycles. The molecule has 3 heteroatoms. The first-order valence-electron chi connectivity index (χ1n) is 4.61. The Labute approximate surface area is 72.7 Å². The molecule has 12 heavy (non-hydrogen) atoms. The molecule has 1 aliphatic rings. The maximum atomic E-state index is 11.1.